The monoisotopic (exact) mass is 416 g/mol. The van der Waals surface area contributed by atoms with Gasteiger partial charge in [-0.15, -0.1) is 0 Å². The van der Waals surface area contributed by atoms with Crippen LogP contribution in [0.1, 0.15) is 29.7 Å². The van der Waals surface area contributed by atoms with Gasteiger partial charge in [-0.05, 0) is 35.7 Å². The van der Waals surface area contributed by atoms with Crippen LogP contribution in [0.5, 0.6) is 0 Å². The van der Waals surface area contributed by atoms with Gasteiger partial charge in [0.15, 0.2) is 0 Å². The van der Waals surface area contributed by atoms with Gasteiger partial charge in [-0.25, -0.2) is 4.79 Å². The van der Waals surface area contributed by atoms with Crippen LogP contribution < -0.4 is 0 Å². The Bertz CT molecular complexity index is 851. The van der Waals surface area contributed by atoms with Gasteiger partial charge in [0.05, 0.1) is 19.1 Å². The van der Waals surface area contributed by atoms with Crippen LogP contribution in [0.3, 0.4) is 0 Å². The molecule has 1 fully saturated rings. The summed E-state index contributed by atoms with van der Waals surface area (Å²) in [6.07, 6.45) is -0.726. The molecule has 7 heteroatoms. The van der Waals surface area contributed by atoms with Crippen molar-refractivity contribution in [2.45, 2.75) is 19.4 Å². The average Bonchev–Trinajstić information content (AvgIpc) is 2.69. The van der Waals surface area contributed by atoms with Crippen molar-refractivity contribution >= 4 is 23.7 Å². The summed E-state index contributed by atoms with van der Waals surface area (Å²) < 4.78 is 5.07. The maximum Gasteiger partial charge on any atom is 0.407 e. The number of piperazine rings is 1. The number of ether oxygens (including phenoxy) is 1. The molecule has 6 nitrogen and oxygen atoms in total. The fraction of sp³-hybridized carbons (Fsp3) is 0.364. The molecule has 0 aromatic heterocycles. The zero-order valence-corrected chi connectivity index (χ0v) is 17.1. The van der Waals surface area contributed by atoms with E-state index in [1.807, 2.05) is 30.3 Å². The second kappa shape index (κ2) is 9.76. The van der Waals surface area contributed by atoms with Crippen molar-refractivity contribution in [2.75, 3.05) is 32.8 Å². The highest BCUT2D eigenvalue weighted by molar-refractivity contribution is 6.30. The van der Waals surface area contributed by atoms with Crippen LogP contribution in [0.4, 0.5) is 4.79 Å². The van der Waals surface area contributed by atoms with Crippen LogP contribution >= 0.6 is 11.6 Å². The normalized spacial score (nSPS) is 15.7. The number of carboxylic acid groups (broad SMARTS) is 1. The summed E-state index contributed by atoms with van der Waals surface area (Å²) in [5.74, 6) is -0.285. The number of halogens is 1. The molecule has 3 rings (SSSR count). The molecule has 0 radical (unpaired) electrons. The minimum absolute atomic E-state index is 0.0770. The molecule has 0 bridgehead atoms. The quantitative estimate of drug-likeness (QED) is 0.724. The molecule has 1 atom stereocenters. The molecule has 0 saturated carbocycles. The second-order valence-corrected chi connectivity index (χ2v) is 7.43. The fourth-order valence-electron chi connectivity index (χ4n) is 3.73. The van der Waals surface area contributed by atoms with E-state index in [2.05, 4.69) is 17.0 Å². The van der Waals surface area contributed by atoms with Crippen LogP contribution in [0.25, 0.3) is 0 Å². The Hall–Kier alpha value is -2.57. The van der Waals surface area contributed by atoms with E-state index < -0.39 is 6.09 Å². The van der Waals surface area contributed by atoms with Crippen LogP contribution in [0.15, 0.2) is 48.5 Å². The number of esters is 1. The third kappa shape index (κ3) is 5.49. The Morgan fingerprint density at radius 1 is 1.07 bits per heavy atom. The molecule has 1 heterocycles. The van der Waals surface area contributed by atoms with Gasteiger partial charge in [0.2, 0.25) is 0 Å². The van der Waals surface area contributed by atoms with E-state index in [1.165, 1.54) is 4.90 Å². The number of carbonyl (C=O) groups excluding carboxylic acids is 1. The third-order valence-corrected chi connectivity index (χ3v) is 5.23. The average molecular weight is 417 g/mol. The molecule has 1 amide bonds. The molecule has 29 heavy (non-hydrogen) atoms. The number of hydrogen-bond acceptors (Lipinski definition) is 4. The lowest BCUT2D eigenvalue weighted by atomic mass is 9.94. The molecule has 1 aliphatic heterocycles. The summed E-state index contributed by atoms with van der Waals surface area (Å²) in [5, 5.41) is 9.81. The Balaban J connectivity index is 1.92. The van der Waals surface area contributed by atoms with Crippen molar-refractivity contribution in [3.63, 3.8) is 0 Å². The maximum atomic E-state index is 11.9. The first-order valence-corrected chi connectivity index (χ1v) is 10.1. The van der Waals surface area contributed by atoms with Gasteiger partial charge in [0, 0.05) is 31.2 Å². The van der Waals surface area contributed by atoms with Gasteiger partial charge in [0.1, 0.15) is 0 Å². The van der Waals surface area contributed by atoms with Gasteiger partial charge < -0.3 is 14.7 Å². The Kier molecular flexibility index (Phi) is 7.12. The molecule has 2 aromatic rings. The SMILES string of the molecule is CCOC(=O)Cc1cc(Cl)cc(C(c2ccccc2)N2CCN(C(=O)O)CC2)c1. The molecule has 1 saturated heterocycles. The smallest absolute Gasteiger partial charge is 0.407 e. The highest BCUT2D eigenvalue weighted by Gasteiger charge is 2.28. The van der Waals surface area contributed by atoms with E-state index in [0.29, 0.717) is 37.8 Å². The summed E-state index contributed by atoms with van der Waals surface area (Å²) in [4.78, 5) is 26.9. The summed E-state index contributed by atoms with van der Waals surface area (Å²) in [5.41, 5.74) is 2.88. The summed E-state index contributed by atoms with van der Waals surface area (Å²) >= 11 is 6.39. The van der Waals surface area contributed by atoms with Gasteiger partial charge in [-0.2, -0.15) is 0 Å². The number of carbonyl (C=O) groups is 2. The van der Waals surface area contributed by atoms with Crippen molar-refractivity contribution in [3.8, 4) is 0 Å². The minimum atomic E-state index is -0.889. The molecule has 1 N–H and O–H groups in total. The van der Waals surface area contributed by atoms with Crippen molar-refractivity contribution in [3.05, 3.63) is 70.2 Å². The van der Waals surface area contributed by atoms with Crippen molar-refractivity contribution < 1.29 is 19.4 Å². The van der Waals surface area contributed by atoms with Gasteiger partial charge in [-0.1, -0.05) is 48.0 Å². The molecular weight excluding hydrogens is 392 g/mol. The highest BCUT2D eigenvalue weighted by Crippen LogP contribution is 2.32. The number of hydrogen-bond donors (Lipinski definition) is 1. The Morgan fingerprint density at radius 2 is 1.76 bits per heavy atom. The molecular formula is C22H25ClN2O4. The maximum absolute atomic E-state index is 11.9. The predicted octanol–water partition coefficient (Wildman–Crippen LogP) is 3.83. The second-order valence-electron chi connectivity index (χ2n) is 6.99. The van der Waals surface area contributed by atoms with Crippen LogP contribution in [-0.4, -0.2) is 59.8 Å². The minimum Gasteiger partial charge on any atom is -0.466 e. The van der Waals surface area contributed by atoms with E-state index >= 15 is 0 Å². The molecule has 1 aliphatic rings. The van der Waals surface area contributed by atoms with E-state index in [0.717, 1.165) is 16.7 Å². The first-order chi connectivity index (χ1) is 14.0. The van der Waals surface area contributed by atoms with Crippen LogP contribution in [-0.2, 0) is 16.0 Å². The third-order valence-electron chi connectivity index (χ3n) is 5.01. The lowest BCUT2D eigenvalue weighted by molar-refractivity contribution is -0.142. The van der Waals surface area contributed by atoms with Crippen molar-refractivity contribution in [2.24, 2.45) is 0 Å². The number of amides is 1. The first-order valence-electron chi connectivity index (χ1n) is 9.69. The predicted molar refractivity (Wildman–Crippen MR) is 111 cm³/mol. The topological polar surface area (TPSA) is 70.1 Å². The Labute approximate surface area is 175 Å². The van der Waals surface area contributed by atoms with E-state index in [-0.39, 0.29) is 18.4 Å². The lowest BCUT2D eigenvalue weighted by Gasteiger charge is -2.39. The largest absolute Gasteiger partial charge is 0.466 e. The number of rotatable bonds is 6. The van der Waals surface area contributed by atoms with Gasteiger partial charge in [0.25, 0.3) is 0 Å². The van der Waals surface area contributed by atoms with Crippen molar-refractivity contribution in [1.82, 2.24) is 9.80 Å². The van der Waals surface area contributed by atoms with E-state index in [4.69, 9.17) is 16.3 Å². The van der Waals surface area contributed by atoms with Crippen molar-refractivity contribution in [1.29, 1.82) is 0 Å². The fourth-order valence-corrected chi connectivity index (χ4v) is 4.00. The van der Waals surface area contributed by atoms with Crippen LogP contribution in [0.2, 0.25) is 5.02 Å². The van der Waals surface area contributed by atoms with E-state index in [1.54, 1.807) is 13.0 Å². The lowest BCUT2D eigenvalue weighted by Crippen LogP contribution is -2.49. The van der Waals surface area contributed by atoms with E-state index in [9.17, 15) is 14.7 Å². The van der Waals surface area contributed by atoms with Gasteiger partial charge >= 0.3 is 12.1 Å². The molecule has 2 aromatic carbocycles. The summed E-state index contributed by atoms with van der Waals surface area (Å²) in [6, 6.07) is 15.7. The van der Waals surface area contributed by atoms with Crippen LogP contribution in [0, 0.1) is 0 Å². The Morgan fingerprint density at radius 3 is 2.38 bits per heavy atom. The molecule has 0 spiro atoms. The highest BCUT2D eigenvalue weighted by atomic mass is 35.5. The summed E-state index contributed by atoms with van der Waals surface area (Å²) in [7, 11) is 0. The number of benzene rings is 2. The zero-order valence-electron chi connectivity index (χ0n) is 16.4. The molecule has 1 unspecified atom stereocenters. The standard InChI is InChI=1S/C22H25ClN2O4/c1-2-29-20(26)14-16-12-18(15-19(23)13-16)21(17-6-4-3-5-7-17)24-8-10-25(11-9-24)22(27)28/h3-7,12-13,15,21H,2,8-11,14H2,1H3,(H,27,28). The number of nitrogens with zero attached hydrogens (tertiary/aromatic N) is 2. The molecule has 0 aliphatic carbocycles. The molecule has 154 valence electrons. The summed E-state index contributed by atoms with van der Waals surface area (Å²) in [6.45, 7) is 4.26. The first kappa shape index (κ1) is 21.1. The zero-order chi connectivity index (χ0) is 20.8. The van der Waals surface area contributed by atoms with Gasteiger partial charge in [-0.3, -0.25) is 9.69 Å².